The van der Waals surface area contributed by atoms with E-state index in [1.165, 1.54) is 29.4 Å². The smallest absolute Gasteiger partial charge is 0.311 e. The van der Waals surface area contributed by atoms with Crippen molar-refractivity contribution in [1.82, 2.24) is 15.0 Å². The molecule has 7 nitrogen and oxygen atoms in total. The van der Waals surface area contributed by atoms with Crippen molar-refractivity contribution in [3.8, 4) is 11.1 Å². The highest BCUT2D eigenvalue weighted by atomic mass is 32.2. The first-order chi connectivity index (χ1) is 15.1. The maximum atomic E-state index is 12.5. The minimum absolute atomic E-state index is 0.0916. The van der Waals surface area contributed by atoms with Crippen LogP contribution in [0.3, 0.4) is 0 Å². The standard InChI is InChI=1S/C21H18N4O3S3/c1-2-28-17(27)8-14-9-31-21(24-14)25-16(26)11-30-20-18-15(13-6-4-3-5-7-13)10-29-19(18)22-12-23-20/h3-7,9-10,12H,2,8,11H2,1H3,(H,24,25,26). The Bertz CT molecular complexity index is 1210. The minimum atomic E-state index is -0.334. The lowest BCUT2D eigenvalue weighted by Gasteiger charge is -2.05. The molecular formula is C21H18N4O3S3. The van der Waals surface area contributed by atoms with E-state index in [0.29, 0.717) is 17.4 Å². The average Bonchev–Trinajstić information content (AvgIpc) is 3.40. The van der Waals surface area contributed by atoms with Crippen molar-refractivity contribution in [3.63, 3.8) is 0 Å². The molecule has 0 saturated heterocycles. The molecule has 0 radical (unpaired) electrons. The lowest BCUT2D eigenvalue weighted by molar-refractivity contribution is -0.142. The van der Waals surface area contributed by atoms with Crippen molar-refractivity contribution < 1.29 is 14.3 Å². The molecule has 0 bridgehead atoms. The Morgan fingerprint density at radius 1 is 1.13 bits per heavy atom. The van der Waals surface area contributed by atoms with Gasteiger partial charge in [-0.1, -0.05) is 42.1 Å². The number of nitrogens with one attached hydrogen (secondary N) is 1. The predicted molar refractivity (Wildman–Crippen MR) is 125 cm³/mol. The number of esters is 1. The van der Waals surface area contributed by atoms with Gasteiger partial charge in [-0.25, -0.2) is 15.0 Å². The molecule has 1 aromatic carbocycles. The number of aromatic nitrogens is 3. The van der Waals surface area contributed by atoms with Crippen molar-refractivity contribution in [1.29, 1.82) is 0 Å². The van der Waals surface area contributed by atoms with E-state index in [9.17, 15) is 9.59 Å². The molecule has 0 unspecified atom stereocenters. The number of rotatable bonds is 8. The van der Waals surface area contributed by atoms with Crippen LogP contribution in [0.25, 0.3) is 21.3 Å². The highest BCUT2D eigenvalue weighted by Crippen LogP contribution is 2.37. The van der Waals surface area contributed by atoms with E-state index in [1.807, 2.05) is 30.3 Å². The van der Waals surface area contributed by atoms with Crippen LogP contribution < -0.4 is 5.32 Å². The second-order valence-electron chi connectivity index (χ2n) is 6.34. The van der Waals surface area contributed by atoms with Gasteiger partial charge in [0.05, 0.1) is 29.9 Å². The molecule has 1 amide bonds. The quantitative estimate of drug-likeness (QED) is 0.227. The molecule has 3 aromatic heterocycles. The maximum Gasteiger partial charge on any atom is 0.311 e. The number of anilines is 1. The van der Waals surface area contributed by atoms with Crippen molar-refractivity contribution in [2.24, 2.45) is 0 Å². The molecule has 31 heavy (non-hydrogen) atoms. The van der Waals surface area contributed by atoms with Gasteiger partial charge >= 0.3 is 5.97 Å². The van der Waals surface area contributed by atoms with E-state index >= 15 is 0 Å². The Labute approximate surface area is 190 Å². The van der Waals surface area contributed by atoms with E-state index in [4.69, 9.17) is 4.74 Å². The molecule has 0 aliphatic carbocycles. The Hall–Kier alpha value is -2.82. The van der Waals surface area contributed by atoms with E-state index < -0.39 is 0 Å². The number of thiazole rings is 1. The van der Waals surface area contributed by atoms with Crippen molar-refractivity contribution in [2.45, 2.75) is 18.4 Å². The summed E-state index contributed by atoms with van der Waals surface area (Å²) >= 11 is 4.20. The zero-order chi connectivity index (χ0) is 21.6. The van der Waals surface area contributed by atoms with Crippen molar-refractivity contribution >= 4 is 61.7 Å². The Morgan fingerprint density at radius 2 is 1.97 bits per heavy atom. The molecule has 4 aromatic rings. The van der Waals surface area contributed by atoms with Crippen LogP contribution >= 0.6 is 34.4 Å². The van der Waals surface area contributed by atoms with Crippen molar-refractivity contribution in [3.05, 3.63) is 53.1 Å². The summed E-state index contributed by atoms with van der Waals surface area (Å²) < 4.78 is 4.92. The van der Waals surface area contributed by atoms with Gasteiger partial charge in [-0.2, -0.15) is 0 Å². The predicted octanol–water partition coefficient (Wildman–Crippen LogP) is 4.65. The van der Waals surface area contributed by atoms with Gasteiger partial charge in [-0.3, -0.25) is 9.59 Å². The lowest BCUT2D eigenvalue weighted by atomic mass is 10.1. The number of benzene rings is 1. The number of hydrogen-bond donors (Lipinski definition) is 1. The Morgan fingerprint density at radius 3 is 2.77 bits per heavy atom. The summed E-state index contributed by atoms with van der Waals surface area (Å²) in [5.41, 5.74) is 2.73. The third-order valence-corrected chi connectivity index (χ3v) is 6.87. The number of thiophene rings is 1. The SMILES string of the molecule is CCOC(=O)Cc1csc(NC(=O)CSc2ncnc3scc(-c4ccccc4)c23)n1. The lowest BCUT2D eigenvalue weighted by Crippen LogP contribution is -2.14. The average molecular weight is 471 g/mol. The monoisotopic (exact) mass is 470 g/mol. The van der Waals surface area contributed by atoms with Gasteiger partial charge < -0.3 is 10.1 Å². The molecule has 3 heterocycles. The number of ether oxygens (including phenoxy) is 1. The molecule has 0 aliphatic rings. The van der Waals surface area contributed by atoms with Gasteiger partial charge in [0.1, 0.15) is 16.2 Å². The Kier molecular flexibility index (Phi) is 6.90. The first-order valence-corrected chi connectivity index (χ1v) is 12.2. The number of fused-ring (bicyclic) bond motifs is 1. The summed E-state index contributed by atoms with van der Waals surface area (Å²) in [7, 11) is 0. The normalized spacial score (nSPS) is 10.9. The van der Waals surface area contributed by atoms with Crippen LogP contribution in [0.4, 0.5) is 5.13 Å². The van der Waals surface area contributed by atoms with Crippen LogP contribution in [0.2, 0.25) is 0 Å². The summed E-state index contributed by atoms with van der Waals surface area (Å²) in [6.07, 6.45) is 1.62. The van der Waals surface area contributed by atoms with Crippen molar-refractivity contribution in [2.75, 3.05) is 17.7 Å². The van der Waals surface area contributed by atoms with Crippen LogP contribution in [0.5, 0.6) is 0 Å². The fourth-order valence-corrected chi connectivity index (χ4v) is 5.40. The number of thioether (sulfide) groups is 1. The second kappa shape index (κ2) is 9.99. The van der Waals surface area contributed by atoms with Gasteiger partial charge in [0, 0.05) is 16.3 Å². The summed E-state index contributed by atoms with van der Waals surface area (Å²) in [4.78, 5) is 38.0. The molecule has 0 fully saturated rings. The largest absolute Gasteiger partial charge is 0.466 e. The van der Waals surface area contributed by atoms with Crippen LogP contribution in [0, 0.1) is 0 Å². The summed E-state index contributed by atoms with van der Waals surface area (Å²) in [6, 6.07) is 10.1. The third-order valence-electron chi connectivity index (χ3n) is 4.19. The molecular weight excluding hydrogens is 452 g/mol. The summed E-state index contributed by atoms with van der Waals surface area (Å²) in [5, 5.41) is 8.77. The van der Waals surface area contributed by atoms with Gasteiger partial charge in [-0.05, 0) is 12.5 Å². The molecule has 4 rings (SSSR count). The van der Waals surface area contributed by atoms with Crippen LogP contribution in [0.1, 0.15) is 12.6 Å². The zero-order valence-corrected chi connectivity index (χ0v) is 19.0. The van der Waals surface area contributed by atoms with Crippen LogP contribution in [0.15, 0.2) is 52.4 Å². The fraction of sp³-hybridized carbons (Fsp3) is 0.190. The number of carbonyl (C=O) groups excluding carboxylic acids is 2. The molecule has 10 heteroatoms. The first kappa shape index (κ1) is 21.4. The number of nitrogens with zero attached hydrogens (tertiary/aromatic N) is 3. The Balaban J connectivity index is 1.43. The molecule has 0 aliphatic heterocycles. The second-order valence-corrected chi connectivity index (χ2v) is 9.02. The highest BCUT2D eigenvalue weighted by Gasteiger charge is 2.15. The van der Waals surface area contributed by atoms with E-state index in [1.54, 1.807) is 23.6 Å². The topological polar surface area (TPSA) is 94.1 Å². The summed E-state index contributed by atoms with van der Waals surface area (Å²) in [6.45, 7) is 2.09. The highest BCUT2D eigenvalue weighted by molar-refractivity contribution is 8.00. The van der Waals surface area contributed by atoms with Crippen LogP contribution in [-0.4, -0.2) is 39.2 Å². The summed E-state index contributed by atoms with van der Waals surface area (Å²) in [5.74, 6) is -0.340. The first-order valence-electron chi connectivity index (χ1n) is 9.44. The van der Waals surface area contributed by atoms with E-state index in [2.05, 4.69) is 25.6 Å². The zero-order valence-electron chi connectivity index (χ0n) is 16.5. The van der Waals surface area contributed by atoms with E-state index in [-0.39, 0.29) is 24.1 Å². The molecule has 0 atom stereocenters. The number of amides is 1. The number of hydrogen-bond acceptors (Lipinski definition) is 9. The number of carbonyl (C=O) groups is 2. The van der Waals surface area contributed by atoms with Gasteiger partial charge in [0.2, 0.25) is 5.91 Å². The van der Waals surface area contributed by atoms with Crippen LogP contribution in [-0.2, 0) is 20.7 Å². The van der Waals surface area contributed by atoms with Gasteiger partial charge in [0.25, 0.3) is 0 Å². The molecule has 0 spiro atoms. The fourth-order valence-electron chi connectivity index (χ4n) is 2.88. The maximum absolute atomic E-state index is 12.5. The molecule has 1 N–H and O–H groups in total. The molecule has 0 saturated carbocycles. The van der Waals surface area contributed by atoms with E-state index in [0.717, 1.165) is 26.4 Å². The molecule has 158 valence electrons. The van der Waals surface area contributed by atoms with Gasteiger partial charge in [-0.15, -0.1) is 22.7 Å². The third kappa shape index (κ3) is 5.27. The minimum Gasteiger partial charge on any atom is -0.466 e. The van der Waals surface area contributed by atoms with Gasteiger partial charge in [0.15, 0.2) is 5.13 Å².